The lowest BCUT2D eigenvalue weighted by Crippen LogP contribution is -2.01. The molecule has 1 aromatic carbocycles. The lowest BCUT2D eigenvalue weighted by Gasteiger charge is -2.09. The normalized spacial score (nSPS) is 11.5. The van der Waals surface area contributed by atoms with E-state index >= 15 is 0 Å². The average molecular weight is 253 g/mol. The number of halogens is 2. The third-order valence-electron chi connectivity index (χ3n) is 1.90. The lowest BCUT2D eigenvalue weighted by atomic mass is 10.1. The van der Waals surface area contributed by atoms with Gasteiger partial charge in [-0.15, -0.1) is 0 Å². The maximum atomic E-state index is 13.5. The minimum atomic E-state index is -3.71. The van der Waals surface area contributed by atoms with E-state index in [9.17, 15) is 12.8 Å². The van der Waals surface area contributed by atoms with Gasteiger partial charge in [0.25, 0.3) is 0 Å². The Morgan fingerprint density at radius 1 is 1.47 bits per heavy atom. The van der Waals surface area contributed by atoms with Gasteiger partial charge >= 0.3 is 0 Å². The van der Waals surface area contributed by atoms with E-state index in [2.05, 4.69) is 0 Å². The highest BCUT2D eigenvalue weighted by Crippen LogP contribution is 2.27. The molecule has 0 saturated heterocycles. The summed E-state index contributed by atoms with van der Waals surface area (Å²) in [6.45, 7) is 1.57. The Kier molecular flexibility index (Phi) is 3.57. The molecule has 3 nitrogen and oxygen atoms in total. The summed E-state index contributed by atoms with van der Waals surface area (Å²) >= 11 is 0. The zero-order chi connectivity index (χ0) is 11.6. The molecule has 0 aliphatic heterocycles. The van der Waals surface area contributed by atoms with Gasteiger partial charge in [0, 0.05) is 16.2 Å². The Morgan fingerprint density at radius 2 is 2.07 bits per heavy atom. The fraction of sp³-hybridized carbons (Fsp3) is 0.333. The molecule has 0 aromatic heterocycles. The molecule has 0 fully saturated rings. The Labute approximate surface area is 92.2 Å². The molecule has 6 heteroatoms. The van der Waals surface area contributed by atoms with Crippen molar-refractivity contribution in [2.75, 3.05) is 7.11 Å². The first-order valence-electron chi connectivity index (χ1n) is 4.09. The summed E-state index contributed by atoms with van der Waals surface area (Å²) in [5, 5.41) is 0. The molecule has 15 heavy (non-hydrogen) atoms. The maximum Gasteiger partial charge on any atom is 0.236 e. The summed E-state index contributed by atoms with van der Waals surface area (Å²) < 4.78 is 40.0. The molecule has 0 heterocycles. The second-order valence-electron chi connectivity index (χ2n) is 3.07. The van der Waals surface area contributed by atoms with Crippen LogP contribution in [0.4, 0.5) is 4.39 Å². The summed E-state index contributed by atoms with van der Waals surface area (Å²) in [4.78, 5) is 0. The predicted octanol–water partition coefficient (Wildman–Crippen LogP) is 2.21. The first-order valence-corrected chi connectivity index (χ1v) is 6.57. The van der Waals surface area contributed by atoms with Crippen LogP contribution in [0.5, 0.6) is 5.75 Å². The van der Waals surface area contributed by atoms with Crippen LogP contribution in [0, 0.1) is 12.7 Å². The molecule has 0 N–H and O–H groups in total. The zero-order valence-corrected chi connectivity index (χ0v) is 9.82. The van der Waals surface area contributed by atoms with Crippen molar-refractivity contribution < 1.29 is 17.5 Å². The van der Waals surface area contributed by atoms with E-state index < -0.39 is 20.6 Å². The molecule has 0 spiro atoms. The van der Waals surface area contributed by atoms with Crippen LogP contribution in [0.15, 0.2) is 12.1 Å². The molecular weight excluding hydrogens is 243 g/mol. The number of hydrogen-bond acceptors (Lipinski definition) is 3. The van der Waals surface area contributed by atoms with Gasteiger partial charge in [-0.25, -0.2) is 12.8 Å². The number of aryl methyl sites for hydroxylation is 1. The van der Waals surface area contributed by atoms with Gasteiger partial charge in [0.2, 0.25) is 9.05 Å². The quantitative estimate of drug-likeness (QED) is 0.775. The van der Waals surface area contributed by atoms with Crippen molar-refractivity contribution >= 4 is 19.7 Å². The molecule has 1 aromatic rings. The number of ether oxygens (including phenoxy) is 1. The molecule has 1 rings (SSSR count). The van der Waals surface area contributed by atoms with Gasteiger partial charge in [-0.05, 0) is 12.5 Å². The average Bonchev–Trinajstić information content (AvgIpc) is 2.10. The van der Waals surface area contributed by atoms with Crippen molar-refractivity contribution in [3.63, 3.8) is 0 Å². The van der Waals surface area contributed by atoms with Crippen LogP contribution in [0.3, 0.4) is 0 Å². The third kappa shape index (κ3) is 3.07. The maximum absolute atomic E-state index is 13.5. The van der Waals surface area contributed by atoms with Crippen LogP contribution >= 0.6 is 10.7 Å². The fourth-order valence-corrected chi connectivity index (χ4v) is 2.17. The van der Waals surface area contributed by atoms with Gasteiger partial charge in [0.1, 0.15) is 0 Å². The number of rotatable bonds is 3. The molecule has 0 bridgehead atoms. The van der Waals surface area contributed by atoms with Gasteiger partial charge in [-0.1, -0.05) is 12.1 Å². The first kappa shape index (κ1) is 12.3. The molecular formula is C9H10ClFO3S. The smallest absolute Gasteiger partial charge is 0.236 e. The third-order valence-corrected chi connectivity index (χ3v) is 2.89. The summed E-state index contributed by atoms with van der Waals surface area (Å²) in [5.74, 6) is -1.08. The van der Waals surface area contributed by atoms with Crippen LogP contribution in [0.25, 0.3) is 0 Å². The van der Waals surface area contributed by atoms with Gasteiger partial charge in [0.05, 0.1) is 12.9 Å². The highest BCUT2D eigenvalue weighted by atomic mass is 35.7. The molecule has 0 saturated carbocycles. The van der Waals surface area contributed by atoms with Gasteiger partial charge < -0.3 is 4.74 Å². The predicted molar refractivity (Wildman–Crippen MR) is 56.2 cm³/mol. The van der Waals surface area contributed by atoms with E-state index in [4.69, 9.17) is 15.4 Å². The second-order valence-corrected chi connectivity index (χ2v) is 5.85. The molecule has 0 radical (unpaired) electrons. The summed E-state index contributed by atoms with van der Waals surface area (Å²) in [7, 11) is 2.65. The van der Waals surface area contributed by atoms with Crippen LogP contribution < -0.4 is 4.74 Å². The Bertz CT molecular complexity index is 470. The minimum absolute atomic E-state index is 0.0702. The van der Waals surface area contributed by atoms with E-state index in [1.165, 1.54) is 19.2 Å². The van der Waals surface area contributed by atoms with Crippen LogP contribution in [0.2, 0.25) is 0 Å². The molecule has 0 aliphatic carbocycles. The summed E-state index contributed by atoms with van der Waals surface area (Å²) in [6.07, 6.45) is 0. The molecule has 0 amide bonds. The summed E-state index contributed by atoms with van der Waals surface area (Å²) in [6, 6.07) is 2.96. The van der Waals surface area contributed by atoms with Crippen molar-refractivity contribution in [1.29, 1.82) is 0 Å². The van der Waals surface area contributed by atoms with E-state index in [-0.39, 0.29) is 11.3 Å². The SMILES string of the molecule is COc1c(CS(=O)(=O)Cl)ccc(C)c1F. The van der Waals surface area contributed by atoms with Crippen molar-refractivity contribution in [2.24, 2.45) is 0 Å². The van der Waals surface area contributed by atoms with E-state index in [0.29, 0.717) is 5.56 Å². The van der Waals surface area contributed by atoms with Gasteiger partial charge in [-0.2, -0.15) is 0 Å². The highest BCUT2D eigenvalue weighted by Gasteiger charge is 2.16. The van der Waals surface area contributed by atoms with Gasteiger partial charge in [0.15, 0.2) is 11.6 Å². The second kappa shape index (κ2) is 4.37. The Hall–Kier alpha value is -0.810. The molecule has 0 aliphatic rings. The number of benzene rings is 1. The largest absolute Gasteiger partial charge is 0.493 e. The Balaban J connectivity index is 3.25. The van der Waals surface area contributed by atoms with Crippen molar-refractivity contribution in [2.45, 2.75) is 12.7 Å². The Morgan fingerprint density at radius 3 is 2.53 bits per heavy atom. The zero-order valence-electron chi connectivity index (χ0n) is 8.25. The van der Waals surface area contributed by atoms with Crippen molar-refractivity contribution in [3.05, 3.63) is 29.1 Å². The van der Waals surface area contributed by atoms with Gasteiger partial charge in [-0.3, -0.25) is 0 Å². The molecule has 84 valence electrons. The topological polar surface area (TPSA) is 43.4 Å². The standard InChI is InChI=1S/C9H10ClFO3S/c1-6-3-4-7(5-15(10,12)13)9(14-2)8(6)11/h3-4H,5H2,1-2H3. The van der Waals surface area contributed by atoms with Crippen molar-refractivity contribution in [3.8, 4) is 5.75 Å². The van der Waals surface area contributed by atoms with E-state index in [0.717, 1.165) is 0 Å². The summed E-state index contributed by atoms with van der Waals surface area (Å²) in [5.41, 5.74) is 0.609. The monoisotopic (exact) mass is 252 g/mol. The van der Waals surface area contributed by atoms with E-state index in [1.54, 1.807) is 6.92 Å². The highest BCUT2D eigenvalue weighted by molar-refractivity contribution is 8.13. The number of methoxy groups -OCH3 is 1. The van der Waals surface area contributed by atoms with Crippen LogP contribution in [-0.2, 0) is 14.8 Å². The van der Waals surface area contributed by atoms with E-state index in [1.807, 2.05) is 0 Å². The first-order chi connectivity index (χ1) is 6.85. The molecule has 0 atom stereocenters. The lowest BCUT2D eigenvalue weighted by molar-refractivity contribution is 0.381. The van der Waals surface area contributed by atoms with Crippen molar-refractivity contribution in [1.82, 2.24) is 0 Å². The van der Waals surface area contributed by atoms with Crippen LogP contribution in [-0.4, -0.2) is 15.5 Å². The van der Waals surface area contributed by atoms with Crippen LogP contribution in [0.1, 0.15) is 11.1 Å². The minimum Gasteiger partial charge on any atom is -0.493 e. The number of hydrogen-bond donors (Lipinski definition) is 0. The molecule has 0 unspecified atom stereocenters. The fourth-order valence-electron chi connectivity index (χ4n) is 1.21.